The summed E-state index contributed by atoms with van der Waals surface area (Å²) in [6.07, 6.45) is 0.512. The van der Waals surface area contributed by atoms with Gasteiger partial charge in [-0.3, -0.25) is 9.59 Å². The maximum Gasteiger partial charge on any atom is 0.310 e. The third-order valence-electron chi connectivity index (χ3n) is 5.26. The summed E-state index contributed by atoms with van der Waals surface area (Å²) >= 11 is 0. The summed E-state index contributed by atoms with van der Waals surface area (Å²) in [5.41, 5.74) is 1.49. The molecular weight excluding hydrogens is 418 g/mol. The topological polar surface area (TPSA) is 107 Å². The van der Waals surface area contributed by atoms with Gasteiger partial charge in [0.1, 0.15) is 5.82 Å². The summed E-state index contributed by atoms with van der Waals surface area (Å²) < 4.78 is 30.3. The molecule has 1 N–H and O–H groups in total. The van der Waals surface area contributed by atoms with E-state index in [1.54, 1.807) is 13.0 Å². The lowest BCUT2D eigenvalue weighted by Crippen LogP contribution is -2.24. The first-order valence-corrected chi connectivity index (χ1v) is 11.8. The normalized spacial score (nSPS) is 17.5. The lowest BCUT2D eigenvalue weighted by Gasteiger charge is -2.14. The first-order valence-electron chi connectivity index (χ1n) is 9.99. The molecule has 1 amide bonds. The molecule has 1 aliphatic rings. The Morgan fingerprint density at radius 3 is 2.74 bits per heavy atom. The molecule has 4 rings (SSSR count). The van der Waals surface area contributed by atoms with Crippen LogP contribution in [0.3, 0.4) is 0 Å². The van der Waals surface area contributed by atoms with E-state index >= 15 is 0 Å². The van der Waals surface area contributed by atoms with E-state index in [0.717, 1.165) is 16.3 Å². The van der Waals surface area contributed by atoms with Gasteiger partial charge in [0, 0.05) is 6.07 Å². The predicted octanol–water partition coefficient (Wildman–Crippen LogP) is 2.43. The summed E-state index contributed by atoms with van der Waals surface area (Å²) in [5.74, 6) is -0.506. The molecule has 0 radical (unpaired) electrons. The molecule has 1 fully saturated rings. The van der Waals surface area contributed by atoms with Crippen molar-refractivity contribution in [2.24, 2.45) is 0 Å². The summed E-state index contributed by atoms with van der Waals surface area (Å²) in [7, 11) is -3.09. The molecule has 0 bridgehead atoms. The standard InChI is InChI=1S/C22H23N3O5S/c1-15-11-20(25(24-15)18-9-10-31(28,29)14-18)23-21(26)13-30-22(27)12-17-7-4-6-16-5-2-3-8-19(16)17/h2-8,11,18H,9-10,12-14H2,1H3,(H,23,26). The molecule has 162 valence electrons. The molecule has 0 spiro atoms. The smallest absolute Gasteiger partial charge is 0.310 e. The minimum atomic E-state index is -3.09. The highest BCUT2D eigenvalue weighted by atomic mass is 32.2. The fourth-order valence-electron chi connectivity index (χ4n) is 3.83. The number of nitrogens with one attached hydrogen (secondary N) is 1. The van der Waals surface area contributed by atoms with Crippen LogP contribution in [0.2, 0.25) is 0 Å². The van der Waals surface area contributed by atoms with Gasteiger partial charge in [0.2, 0.25) is 0 Å². The van der Waals surface area contributed by atoms with Crippen LogP contribution in [0.5, 0.6) is 0 Å². The van der Waals surface area contributed by atoms with E-state index in [-0.39, 0.29) is 24.0 Å². The molecule has 9 heteroatoms. The van der Waals surface area contributed by atoms with Crippen LogP contribution in [0.1, 0.15) is 23.7 Å². The molecule has 0 aliphatic carbocycles. The van der Waals surface area contributed by atoms with E-state index in [9.17, 15) is 18.0 Å². The third-order valence-corrected chi connectivity index (χ3v) is 7.01. The molecule has 8 nitrogen and oxygen atoms in total. The second kappa shape index (κ2) is 8.50. The van der Waals surface area contributed by atoms with Gasteiger partial charge in [0.15, 0.2) is 16.4 Å². The number of esters is 1. The van der Waals surface area contributed by atoms with Gasteiger partial charge in [-0.15, -0.1) is 0 Å². The molecule has 1 saturated heterocycles. The molecule has 31 heavy (non-hydrogen) atoms. The lowest BCUT2D eigenvalue weighted by atomic mass is 10.0. The van der Waals surface area contributed by atoms with Crippen LogP contribution in [-0.4, -0.2) is 48.2 Å². The van der Waals surface area contributed by atoms with Gasteiger partial charge in [-0.1, -0.05) is 42.5 Å². The first-order chi connectivity index (χ1) is 14.8. The van der Waals surface area contributed by atoms with Crippen molar-refractivity contribution in [3.05, 3.63) is 59.8 Å². The molecule has 2 aromatic carbocycles. The molecular formula is C22H23N3O5S. The van der Waals surface area contributed by atoms with Crippen molar-refractivity contribution in [3.63, 3.8) is 0 Å². The second-order valence-electron chi connectivity index (χ2n) is 7.70. The predicted molar refractivity (Wildman–Crippen MR) is 117 cm³/mol. The number of aromatic nitrogens is 2. The zero-order valence-electron chi connectivity index (χ0n) is 17.1. The quantitative estimate of drug-likeness (QED) is 0.589. The number of rotatable bonds is 6. The van der Waals surface area contributed by atoms with E-state index < -0.39 is 28.3 Å². The zero-order chi connectivity index (χ0) is 22.0. The number of nitrogens with zero attached hydrogens (tertiary/aromatic N) is 2. The second-order valence-corrected chi connectivity index (χ2v) is 9.93. The number of carbonyl (C=O) groups excluding carboxylic acids is 2. The number of hydrogen-bond donors (Lipinski definition) is 1. The van der Waals surface area contributed by atoms with Crippen LogP contribution < -0.4 is 5.32 Å². The van der Waals surface area contributed by atoms with Gasteiger partial charge in [-0.25, -0.2) is 13.1 Å². The monoisotopic (exact) mass is 441 g/mol. The Balaban J connectivity index is 1.36. The van der Waals surface area contributed by atoms with Crippen LogP contribution in [0.25, 0.3) is 10.8 Å². The first kappa shape index (κ1) is 21.0. The number of sulfone groups is 1. The van der Waals surface area contributed by atoms with Crippen LogP contribution >= 0.6 is 0 Å². The number of anilines is 1. The van der Waals surface area contributed by atoms with E-state index in [1.165, 1.54) is 4.68 Å². The number of benzene rings is 2. The van der Waals surface area contributed by atoms with Crippen molar-refractivity contribution in [3.8, 4) is 0 Å². The summed E-state index contributed by atoms with van der Waals surface area (Å²) in [6.45, 7) is 1.33. The van der Waals surface area contributed by atoms with E-state index in [2.05, 4.69) is 10.4 Å². The SMILES string of the molecule is Cc1cc(NC(=O)COC(=O)Cc2cccc3ccccc23)n(C2CCS(=O)(=O)C2)n1. The van der Waals surface area contributed by atoms with Gasteiger partial charge in [-0.05, 0) is 29.7 Å². The summed E-state index contributed by atoms with van der Waals surface area (Å²) in [5, 5.41) is 9.00. The average molecular weight is 442 g/mol. The third kappa shape index (κ3) is 4.93. The lowest BCUT2D eigenvalue weighted by molar-refractivity contribution is -0.146. The van der Waals surface area contributed by atoms with Gasteiger partial charge in [0.05, 0.1) is 29.7 Å². The summed E-state index contributed by atoms with van der Waals surface area (Å²) in [4.78, 5) is 24.6. The molecule has 0 saturated carbocycles. The van der Waals surface area contributed by atoms with Crippen LogP contribution in [-0.2, 0) is 30.6 Å². The van der Waals surface area contributed by atoms with Crippen molar-refractivity contribution >= 4 is 38.3 Å². The van der Waals surface area contributed by atoms with Crippen molar-refractivity contribution in [1.29, 1.82) is 0 Å². The van der Waals surface area contributed by atoms with Gasteiger partial charge >= 0.3 is 5.97 Å². The van der Waals surface area contributed by atoms with Gasteiger partial charge < -0.3 is 10.1 Å². The van der Waals surface area contributed by atoms with Crippen LogP contribution in [0.4, 0.5) is 5.82 Å². The Morgan fingerprint density at radius 2 is 1.97 bits per heavy atom. The fourth-order valence-corrected chi connectivity index (χ4v) is 5.53. The Bertz CT molecular complexity index is 1240. The van der Waals surface area contributed by atoms with Crippen LogP contribution in [0, 0.1) is 6.92 Å². The molecule has 1 unspecified atom stereocenters. The van der Waals surface area contributed by atoms with Crippen molar-refractivity contribution in [1.82, 2.24) is 9.78 Å². The van der Waals surface area contributed by atoms with Crippen LogP contribution in [0.15, 0.2) is 48.5 Å². The number of hydrogen-bond acceptors (Lipinski definition) is 6. The summed E-state index contributed by atoms with van der Waals surface area (Å²) in [6, 6.07) is 14.8. The van der Waals surface area contributed by atoms with E-state index in [4.69, 9.17) is 4.74 Å². The van der Waals surface area contributed by atoms with Crippen molar-refractivity contribution in [2.45, 2.75) is 25.8 Å². The van der Waals surface area contributed by atoms with Crippen molar-refractivity contribution < 1.29 is 22.7 Å². The van der Waals surface area contributed by atoms with Gasteiger partial charge in [-0.2, -0.15) is 5.10 Å². The molecule has 1 atom stereocenters. The molecule has 2 heterocycles. The Hall–Kier alpha value is -3.20. The maximum atomic E-state index is 12.3. The number of ether oxygens (including phenoxy) is 1. The van der Waals surface area contributed by atoms with Gasteiger partial charge in [0.25, 0.3) is 5.91 Å². The Labute approximate surface area is 180 Å². The molecule has 1 aliphatic heterocycles. The highest BCUT2D eigenvalue weighted by Gasteiger charge is 2.31. The van der Waals surface area contributed by atoms with E-state index in [0.29, 0.717) is 17.9 Å². The average Bonchev–Trinajstić information content (AvgIpc) is 3.28. The Kier molecular flexibility index (Phi) is 5.77. The Morgan fingerprint density at radius 1 is 1.19 bits per heavy atom. The highest BCUT2D eigenvalue weighted by molar-refractivity contribution is 7.91. The van der Waals surface area contributed by atoms with Crippen molar-refractivity contribution in [2.75, 3.05) is 23.4 Å². The fraction of sp³-hybridized carbons (Fsp3) is 0.318. The number of aryl methyl sites for hydroxylation is 1. The molecule has 1 aromatic heterocycles. The number of amides is 1. The number of carbonyl (C=O) groups is 2. The largest absolute Gasteiger partial charge is 0.455 e. The minimum Gasteiger partial charge on any atom is -0.455 e. The zero-order valence-corrected chi connectivity index (χ0v) is 17.9. The highest BCUT2D eigenvalue weighted by Crippen LogP contribution is 2.27. The minimum absolute atomic E-state index is 0.00297. The number of fused-ring (bicyclic) bond motifs is 1. The van der Waals surface area contributed by atoms with E-state index in [1.807, 2.05) is 42.5 Å². The molecule has 3 aromatic rings. The maximum absolute atomic E-state index is 12.3.